The molecule has 0 fully saturated rings. The van der Waals surface area contributed by atoms with Crippen molar-refractivity contribution >= 4 is 11.6 Å². The molecule has 0 aliphatic rings. The molecule has 1 N–H and O–H groups in total. The van der Waals surface area contributed by atoms with Crippen LogP contribution in [0.25, 0.3) is 0 Å². The molecule has 2 nitrogen and oxygen atoms in total. The van der Waals surface area contributed by atoms with Crippen molar-refractivity contribution in [2.75, 3.05) is 5.32 Å². The zero-order valence-electron chi connectivity index (χ0n) is 10.0. The number of aryl methyl sites for hydroxylation is 2. The third kappa shape index (κ3) is 3.13. The largest absolute Gasteiger partial charge is 0.326 e. The molecule has 0 bridgehead atoms. The van der Waals surface area contributed by atoms with Crippen LogP contribution in [0.4, 0.5) is 5.69 Å². The van der Waals surface area contributed by atoms with E-state index in [4.69, 9.17) is 6.42 Å². The zero-order chi connectivity index (χ0) is 12.1. The minimum absolute atomic E-state index is 0.0216. The fourth-order valence-electron chi connectivity index (χ4n) is 1.40. The molecule has 0 aliphatic carbocycles. The molecule has 0 saturated carbocycles. The molecule has 16 heavy (non-hydrogen) atoms. The van der Waals surface area contributed by atoms with E-state index >= 15 is 0 Å². The highest BCUT2D eigenvalue weighted by molar-refractivity contribution is 5.93. The molecule has 0 aliphatic heterocycles. The Bertz CT molecular complexity index is 429. The van der Waals surface area contributed by atoms with Crippen LogP contribution in [0.1, 0.15) is 24.5 Å². The van der Waals surface area contributed by atoms with Crippen LogP contribution in [0.3, 0.4) is 0 Å². The Morgan fingerprint density at radius 1 is 1.50 bits per heavy atom. The third-order valence-corrected chi connectivity index (χ3v) is 2.52. The van der Waals surface area contributed by atoms with Crippen molar-refractivity contribution in [2.45, 2.75) is 27.2 Å². The summed E-state index contributed by atoms with van der Waals surface area (Å²) >= 11 is 0. The number of anilines is 1. The maximum absolute atomic E-state index is 11.8. The van der Waals surface area contributed by atoms with Gasteiger partial charge in [-0.05, 0) is 31.0 Å². The molecule has 0 aromatic heterocycles. The highest BCUT2D eigenvalue weighted by atomic mass is 16.1. The predicted molar refractivity (Wildman–Crippen MR) is 67.2 cm³/mol. The molecule has 1 unspecified atom stereocenters. The normalized spacial score (nSPS) is 11.6. The van der Waals surface area contributed by atoms with Crippen LogP contribution in [0.5, 0.6) is 0 Å². The summed E-state index contributed by atoms with van der Waals surface area (Å²) in [7, 11) is 0. The number of benzene rings is 1. The van der Waals surface area contributed by atoms with Gasteiger partial charge in [-0.1, -0.05) is 19.1 Å². The van der Waals surface area contributed by atoms with Gasteiger partial charge in [0.2, 0.25) is 5.91 Å². The summed E-state index contributed by atoms with van der Waals surface area (Å²) in [6.07, 6.45) is 5.65. The summed E-state index contributed by atoms with van der Waals surface area (Å²) in [5.74, 6) is 2.33. The number of rotatable bonds is 3. The average molecular weight is 215 g/mol. The second-order valence-electron chi connectivity index (χ2n) is 4.12. The molecule has 84 valence electrons. The lowest BCUT2D eigenvalue weighted by atomic mass is 10.1. The van der Waals surface area contributed by atoms with E-state index < -0.39 is 0 Å². The van der Waals surface area contributed by atoms with E-state index in [9.17, 15) is 4.79 Å². The first-order valence-electron chi connectivity index (χ1n) is 5.36. The SMILES string of the molecule is C#CCC(C)C(=O)Nc1cc(C)ccc1C. The molecule has 1 atom stereocenters. The number of nitrogens with one attached hydrogen (secondary N) is 1. The third-order valence-electron chi connectivity index (χ3n) is 2.52. The quantitative estimate of drug-likeness (QED) is 0.772. The Kier molecular flexibility index (Phi) is 4.13. The van der Waals surface area contributed by atoms with Gasteiger partial charge in [0, 0.05) is 18.0 Å². The molecule has 0 spiro atoms. The van der Waals surface area contributed by atoms with Gasteiger partial charge in [-0.25, -0.2) is 0 Å². The van der Waals surface area contributed by atoms with Crippen molar-refractivity contribution in [1.82, 2.24) is 0 Å². The van der Waals surface area contributed by atoms with E-state index in [1.54, 1.807) is 0 Å². The van der Waals surface area contributed by atoms with E-state index in [2.05, 4.69) is 11.2 Å². The number of amides is 1. The smallest absolute Gasteiger partial charge is 0.228 e. The summed E-state index contributed by atoms with van der Waals surface area (Å²) < 4.78 is 0. The molecule has 0 heterocycles. The maximum Gasteiger partial charge on any atom is 0.228 e. The van der Waals surface area contributed by atoms with E-state index in [1.165, 1.54) is 0 Å². The van der Waals surface area contributed by atoms with Crippen molar-refractivity contribution in [3.8, 4) is 12.3 Å². The van der Waals surface area contributed by atoms with Crippen molar-refractivity contribution in [1.29, 1.82) is 0 Å². The van der Waals surface area contributed by atoms with Gasteiger partial charge in [0.1, 0.15) is 0 Å². The number of hydrogen-bond donors (Lipinski definition) is 1. The Morgan fingerprint density at radius 2 is 2.19 bits per heavy atom. The van der Waals surface area contributed by atoms with Crippen LogP contribution in [-0.2, 0) is 4.79 Å². The second-order valence-corrected chi connectivity index (χ2v) is 4.12. The van der Waals surface area contributed by atoms with Crippen LogP contribution in [0.15, 0.2) is 18.2 Å². The van der Waals surface area contributed by atoms with Crippen LogP contribution < -0.4 is 5.32 Å². The molecule has 0 radical (unpaired) electrons. The predicted octanol–water partition coefficient (Wildman–Crippen LogP) is 2.90. The van der Waals surface area contributed by atoms with Gasteiger partial charge < -0.3 is 5.32 Å². The van der Waals surface area contributed by atoms with Crippen molar-refractivity contribution in [3.05, 3.63) is 29.3 Å². The molecule has 0 saturated heterocycles. The second kappa shape index (κ2) is 5.37. The minimum atomic E-state index is -0.148. The first kappa shape index (κ1) is 12.3. The van der Waals surface area contributed by atoms with Crippen molar-refractivity contribution in [3.63, 3.8) is 0 Å². The number of hydrogen-bond acceptors (Lipinski definition) is 1. The van der Waals surface area contributed by atoms with E-state index in [0.717, 1.165) is 16.8 Å². The fraction of sp³-hybridized carbons (Fsp3) is 0.357. The Labute approximate surface area is 97.1 Å². The number of carbonyl (C=O) groups excluding carboxylic acids is 1. The van der Waals surface area contributed by atoms with E-state index in [-0.39, 0.29) is 11.8 Å². The molecule has 1 rings (SSSR count). The summed E-state index contributed by atoms with van der Waals surface area (Å²) in [5.41, 5.74) is 3.06. The van der Waals surface area contributed by atoms with Crippen molar-refractivity contribution < 1.29 is 4.79 Å². The Morgan fingerprint density at radius 3 is 2.81 bits per heavy atom. The first-order valence-corrected chi connectivity index (χ1v) is 5.36. The molecule has 2 heteroatoms. The monoisotopic (exact) mass is 215 g/mol. The van der Waals surface area contributed by atoms with Gasteiger partial charge in [-0.3, -0.25) is 4.79 Å². The summed E-state index contributed by atoms with van der Waals surface area (Å²) in [4.78, 5) is 11.8. The Hall–Kier alpha value is -1.75. The van der Waals surface area contributed by atoms with Crippen LogP contribution in [0.2, 0.25) is 0 Å². The summed E-state index contributed by atoms with van der Waals surface area (Å²) in [6, 6.07) is 5.99. The highest BCUT2D eigenvalue weighted by Gasteiger charge is 2.12. The fourth-order valence-corrected chi connectivity index (χ4v) is 1.40. The van der Waals surface area contributed by atoms with E-state index in [1.807, 2.05) is 39.0 Å². The number of terminal acetylenes is 1. The summed E-state index contributed by atoms with van der Waals surface area (Å²) in [5, 5.41) is 2.90. The molecule has 1 aromatic rings. The molecule has 1 amide bonds. The van der Waals surface area contributed by atoms with Crippen LogP contribution in [-0.4, -0.2) is 5.91 Å². The molecule has 1 aromatic carbocycles. The average Bonchev–Trinajstić information content (AvgIpc) is 2.23. The van der Waals surface area contributed by atoms with Gasteiger partial charge in [0.25, 0.3) is 0 Å². The topological polar surface area (TPSA) is 29.1 Å². The Balaban J connectivity index is 2.77. The van der Waals surface area contributed by atoms with Gasteiger partial charge >= 0.3 is 0 Å². The lowest BCUT2D eigenvalue weighted by Gasteiger charge is -2.12. The number of carbonyl (C=O) groups is 1. The van der Waals surface area contributed by atoms with Crippen molar-refractivity contribution in [2.24, 2.45) is 5.92 Å². The highest BCUT2D eigenvalue weighted by Crippen LogP contribution is 2.17. The standard InChI is InChI=1S/C14H17NO/c1-5-6-12(4)14(16)15-13-9-10(2)7-8-11(13)3/h1,7-9,12H,6H2,2-4H3,(H,15,16). The van der Waals surface area contributed by atoms with E-state index in [0.29, 0.717) is 6.42 Å². The van der Waals surface area contributed by atoms with Crippen LogP contribution >= 0.6 is 0 Å². The lowest BCUT2D eigenvalue weighted by Crippen LogP contribution is -2.20. The van der Waals surface area contributed by atoms with Gasteiger partial charge in [0.05, 0.1) is 0 Å². The van der Waals surface area contributed by atoms with Gasteiger partial charge in [0.15, 0.2) is 0 Å². The van der Waals surface area contributed by atoms with Crippen LogP contribution in [0, 0.1) is 32.1 Å². The molecular formula is C14H17NO. The maximum atomic E-state index is 11.8. The minimum Gasteiger partial charge on any atom is -0.326 e. The van der Waals surface area contributed by atoms with Gasteiger partial charge in [-0.2, -0.15) is 0 Å². The molecular weight excluding hydrogens is 198 g/mol. The van der Waals surface area contributed by atoms with Gasteiger partial charge in [-0.15, -0.1) is 12.3 Å². The lowest BCUT2D eigenvalue weighted by molar-refractivity contribution is -0.119. The zero-order valence-corrected chi connectivity index (χ0v) is 10.0. The summed E-state index contributed by atoms with van der Waals surface area (Å²) in [6.45, 7) is 5.81. The first-order chi connectivity index (χ1) is 7.54.